The second-order valence-corrected chi connectivity index (χ2v) is 8.30. The lowest BCUT2D eigenvalue weighted by molar-refractivity contribution is -0.115. The minimum atomic E-state index is -0.258. The van der Waals surface area contributed by atoms with Gasteiger partial charge in [0.05, 0.1) is 17.8 Å². The Hall–Kier alpha value is -3.17. The lowest BCUT2D eigenvalue weighted by atomic mass is 10.2. The number of hydrogen-bond acceptors (Lipinski definition) is 6. The predicted molar refractivity (Wildman–Crippen MR) is 120 cm³/mol. The van der Waals surface area contributed by atoms with Crippen LogP contribution in [0.15, 0.2) is 64.9 Å². The molecule has 1 heterocycles. The SMILES string of the molecule is CN(C)C(=O)Sc1ccccc1NC(=O)Cc1csc(NC(=O)c2ccccc2)n1. The number of para-hydroxylation sites is 1. The highest BCUT2D eigenvalue weighted by atomic mass is 32.2. The number of nitrogens with one attached hydrogen (secondary N) is 2. The number of aromatic nitrogens is 1. The van der Waals surface area contributed by atoms with Gasteiger partial charge in [0, 0.05) is 29.9 Å². The van der Waals surface area contributed by atoms with E-state index in [0.717, 1.165) is 11.8 Å². The van der Waals surface area contributed by atoms with Crippen LogP contribution in [0.25, 0.3) is 0 Å². The van der Waals surface area contributed by atoms with Crippen molar-refractivity contribution in [2.75, 3.05) is 24.7 Å². The van der Waals surface area contributed by atoms with Gasteiger partial charge < -0.3 is 10.2 Å². The Bertz CT molecular complexity index is 1050. The normalized spacial score (nSPS) is 10.3. The van der Waals surface area contributed by atoms with Crippen molar-refractivity contribution >= 4 is 51.0 Å². The number of hydrogen-bond donors (Lipinski definition) is 2. The Kier molecular flexibility index (Phi) is 7.21. The van der Waals surface area contributed by atoms with E-state index < -0.39 is 0 Å². The van der Waals surface area contributed by atoms with Crippen LogP contribution in [-0.4, -0.2) is 41.0 Å². The van der Waals surface area contributed by atoms with Crippen molar-refractivity contribution in [2.24, 2.45) is 0 Å². The molecule has 0 aliphatic carbocycles. The standard InChI is InChI=1S/C21H20N4O3S2/c1-25(2)21(28)30-17-11-7-6-10-16(17)23-18(26)12-15-13-29-20(22-15)24-19(27)14-8-4-3-5-9-14/h3-11,13H,12H2,1-2H3,(H,23,26)(H,22,24,27). The van der Waals surface area contributed by atoms with E-state index in [-0.39, 0.29) is 23.5 Å². The molecule has 3 rings (SSSR count). The molecule has 154 valence electrons. The zero-order valence-corrected chi connectivity index (χ0v) is 18.0. The summed E-state index contributed by atoms with van der Waals surface area (Å²) >= 11 is 2.30. The summed E-state index contributed by atoms with van der Waals surface area (Å²) in [4.78, 5) is 43.1. The molecule has 0 spiro atoms. The van der Waals surface area contributed by atoms with Gasteiger partial charge in [-0.15, -0.1) is 11.3 Å². The van der Waals surface area contributed by atoms with Gasteiger partial charge in [-0.1, -0.05) is 30.3 Å². The molecule has 9 heteroatoms. The van der Waals surface area contributed by atoms with E-state index in [4.69, 9.17) is 0 Å². The number of carbonyl (C=O) groups excluding carboxylic acids is 3. The number of carbonyl (C=O) groups is 3. The van der Waals surface area contributed by atoms with Crippen LogP contribution in [0.2, 0.25) is 0 Å². The average molecular weight is 441 g/mol. The molecule has 0 radical (unpaired) electrons. The Morgan fingerprint density at radius 1 is 1.00 bits per heavy atom. The molecule has 0 atom stereocenters. The summed E-state index contributed by atoms with van der Waals surface area (Å²) in [5, 5.41) is 7.59. The number of nitrogens with zero attached hydrogens (tertiary/aromatic N) is 2. The first-order valence-corrected chi connectivity index (χ1v) is 10.7. The molecule has 3 aromatic rings. The fourth-order valence-electron chi connectivity index (χ4n) is 2.41. The van der Waals surface area contributed by atoms with Crippen LogP contribution in [0.4, 0.5) is 15.6 Å². The maximum absolute atomic E-state index is 12.5. The van der Waals surface area contributed by atoms with Gasteiger partial charge in [0.25, 0.3) is 11.1 Å². The Morgan fingerprint density at radius 2 is 1.70 bits per heavy atom. The quantitative estimate of drug-likeness (QED) is 0.556. The van der Waals surface area contributed by atoms with Crippen LogP contribution < -0.4 is 10.6 Å². The highest BCUT2D eigenvalue weighted by Crippen LogP contribution is 2.28. The Balaban J connectivity index is 1.60. The van der Waals surface area contributed by atoms with Gasteiger partial charge in [-0.25, -0.2) is 4.98 Å². The molecule has 0 bridgehead atoms. The van der Waals surface area contributed by atoms with E-state index in [2.05, 4.69) is 15.6 Å². The van der Waals surface area contributed by atoms with E-state index >= 15 is 0 Å². The number of amides is 3. The monoisotopic (exact) mass is 440 g/mol. The molecule has 0 saturated carbocycles. The molecule has 3 amide bonds. The number of thioether (sulfide) groups is 1. The lowest BCUT2D eigenvalue weighted by Gasteiger charge is -2.12. The summed E-state index contributed by atoms with van der Waals surface area (Å²) in [5.41, 5.74) is 1.65. The van der Waals surface area contributed by atoms with E-state index in [1.807, 2.05) is 12.1 Å². The Labute approximate surface area is 182 Å². The van der Waals surface area contributed by atoms with Gasteiger partial charge in [-0.2, -0.15) is 0 Å². The minimum Gasteiger partial charge on any atom is -0.339 e. The fourth-order valence-corrected chi connectivity index (χ4v) is 3.86. The molecule has 0 aliphatic rings. The van der Waals surface area contributed by atoms with Crippen LogP contribution in [0, 0.1) is 0 Å². The van der Waals surface area contributed by atoms with Crippen molar-refractivity contribution in [1.29, 1.82) is 0 Å². The van der Waals surface area contributed by atoms with Crippen LogP contribution in [0.1, 0.15) is 16.1 Å². The number of rotatable bonds is 6. The second kappa shape index (κ2) is 10.0. The van der Waals surface area contributed by atoms with Crippen molar-refractivity contribution in [3.63, 3.8) is 0 Å². The van der Waals surface area contributed by atoms with Gasteiger partial charge in [-0.05, 0) is 36.0 Å². The molecule has 30 heavy (non-hydrogen) atoms. The average Bonchev–Trinajstić information content (AvgIpc) is 3.16. The first-order valence-electron chi connectivity index (χ1n) is 9.01. The Morgan fingerprint density at radius 3 is 2.43 bits per heavy atom. The number of anilines is 2. The molecule has 7 nitrogen and oxygen atoms in total. The molecule has 2 aromatic carbocycles. The number of thiazole rings is 1. The van der Waals surface area contributed by atoms with Crippen molar-refractivity contribution in [1.82, 2.24) is 9.88 Å². The summed E-state index contributed by atoms with van der Waals surface area (Å²) in [6.45, 7) is 0. The minimum absolute atomic E-state index is 0.0539. The molecule has 0 aliphatic heterocycles. The van der Waals surface area contributed by atoms with Gasteiger partial charge in [0.2, 0.25) is 5.91 Å². The third-order valence-corrected chi connectivity index (χ3v) is 5.80. The highest BCUT2D eigenvalue weighted by Gasteiger charge is 2.14. The van der Waals surface area contributed by atoms with E-state index in [9.17, 15) is 14.4 Å². The highest BCUT2D eigenvalue weighted by molar-refractivity contribution is 8.13. The van der Waals surface area contributed by atoms with Gasteiger partial charge in [-0.3, -0.25) is 19.7 Å². The summed E-state index contributed by atoms with van der Waals surface area (Å²) in [5.74, 6) is -0.510. The molecular formula is C21H20N4O3S2. The topological polar surface area (TPSA) is 91.4 Å². The maximum Gasteiger partial charge on any atom is 0.286 e. The summed E-state index contributed by atoms with van der Waals surface area (Å²) in [7, 11) is 3.35. The van der Waals surface area contributed by atoms with Crippen molar-refractivity contribution < 1.29 is 14.4 Å². The van der Waals surface area contributed by atoms with E-state index in [1.54, 1.807) is 61.9 Å². The predicted octanol–water partition coefficient (Wildman–Crippen LogP) is 4.35. The molecule has 0 fully saturated rings. The molecule has 0 saturated heterocycles. The lowest BCUT2D eigenvalue weighted by Crippen LogP contribution is -2.18. The summed E-state index contributed by atoms with van der Waals surface area (Å²) < 4.78 is 0. The van der Waals surface area contributed by atoms with E-state index in [1.165, 1.54) is 16.2 Å². The zero-order valence-electron chi connectivity index (χ0n) is 16.4. The van der Waals surface area contributed by atoms with Crippen LogP contribution in [-0.2, 0) is 11.2 Å². The zero-order chi connectivity index (χ0) is 21.5. The largest absolute Gasteiger partial charge is 0.339 e. The van der Waals surface area contributed by atoms with Gasteiger partial charge in [0.1, 0.15) is 0 Å². The van der Waals surface area contributed by atoms with Crippen LogP contribution in [0.3, 0.4) is 0 Å². The van der Waals surface area contributed by atoms with Gasteiger partial charge >= 0.3 is 0 Å². The fraction of sp³-hybridized carbons (Fsp3) is 0.143. The summed E-state index contributed by atoms with van der Waals surface area (Å²) in [6, 6.07) is 16.0. The second-order valence-electron chi connectivity index (χ2n) is 6.45. The molecule has 0 unspecified atom stereocenters. The smallest absolute Gasteiger partial charge is 0.286 e. The van der Waals surface area contributed by atoms with Gasteiger partial charge in [0.15, 0.2) is 5.13 Å². The third-order valence-electron chi connectivity index (χ3n) is 3.87. The molecule has 1 aromatic heterocycles. The summed E-state index contributed by atoms with van der Waals surface area (Å²) in [6.07, 6.45) is 0.0539. The van der Waals surface area contributed by atoms with Crippen molar-refractivity contribution in [2.45, 2.75) is 11.3 Å². The maximum atomic E-state index is 12.5. The van der Waals surface area contributed by atoms with Crippen LogP contribution in [0.5, 0.6) is 0 Å². The van der Waals surface area contributed by atoms with Crippen molar-refractivity contribution in [3.8, 4) is 0 Å². The molecule has 2 N–H and O–H groups in total. The van der Waals surface area contributed by atoms with Crippen LogP contribution >= 0.6 is 23.1 Å². The number of benzene rings is 2. The molecular weight excluding hydrogens is 420 g/mol. The first kappa shape index (κ1) is 21.5. The van der Waals surface area contributed by atoms with Crippen molar-refractivity contribution in [3.05, 3.63) is 71.2 Å². The van der Waals surface area contributed by atoms with E-state index in [0.29, 0.717) is 27.0 Å². The first-order chi connectivity index (χ1) is 14.4. The third kappa shape index (κ3) is 5.91.